The van der Waals surface area contributed by atoms with Crippen LogP contribution < -0.4 is 5.73 Å². The van der Waals surface area contributed by atoms with E-state index in [1.54, 1.807) is 13.8 Å². The quantitative estimate of drug-likeness (QED) is 0.161. The van der Waals surface area contributed by atoms with Crippen LogP contribution in [-0.2, 0) is 14.3 Å². The molecule has 10 nitrogen and oxygen atoms in total. The summed E-state index contributed by atoms with van der Waals surface area (Å²) in [6.07, 6.45) is 3.32. The zero-order valence-electron chi connectivity index (χ0n) is 16.9. The van der Waals surface area contributed by atoms with Gasteiger partial charge in [-0.1, -0.05) is 11.6 Å². The van der Waals surface area contributed by atoms with Gasteiger partial charge in [-0.05, 0) is 55.3 Å². The molecule has 0 aliphatic heterocycles. The summed E-state index contributed by atoms with van der Waals surface area (Å²) in [7, 11) is 2.48. The van der Waals surface area contributed by atoms with Crippen molar-refractivity contribution in [1.29, 1.82) is 0 Å². The number of amides is 1. The van der Waals surface area contributed by atoms with Gasteiger partial charge in [-0.25, -0.2) is 14.4 Å². The predicted octanol–water partition coefficient (Wildman–Crippen LogP) is 2.18. The van der Waals surface area contributed by atoms with Crippen molar-refractivity contribution in [1.82, 2.24) is 0 Å². The Bertz CT molecular complexity index is 956. The van der Waals surface area contributed by atoms with E-state index < -0.39 is 29.0 Å². The first-order chi connectivity index (χ1) is 14.0. The molecule has 0 aromatic heterocycles. The number of nitrogens with zero attached hydrogens (tertiary/aromatic N) is 1. The van der Waals surface area contributed by atoms with Crippen LogP contribution in [0.15, 0.2) is 47.6 Å². The standard InChI is InChI=1S/C20H22N2O8/c1-11(2)16(19(24)25)10-12(5-6-17(21)29-3)13-7-14(18(23)22(27)28)9-15(8-13)20(26)30-4/h5-10,17H,21H2,1-4H3,(H,24,25)/b6-5+,12-10+. The highest BCUT2D eigenvalue weighted by Crippen LogP contribution is 2.24. The minimum Gasteiger partial charge on any atom is -0.478 e. The van der Waals surface area contributed by atoms with Crippen molar-refractivity contribution in [2.75, 3.05) is 14.2 Å². The van der Waals surface area contributed by atoms with Crippen molar-refractivity contribution in [2.24, 2.45) is 5.73 Å². The molecule has 0 radical (unpaired) electrons. The molecule has 1 aromatic carbocycles. The van der Waals surface area contributed by atoms with Gasteiger partial charge in [0.2, 0.25) is 0 Å². The second-order valence-corrected chi connectivity index (χ2v) is 6.23. The van der Waals surface area contributed by atoms with E-state index in [4.69, 9.17) is 10.5 Å². The lowest BCUT2D eigenvalue weighted by molar-refractivity contribution is -0.375. The number of esters is 1. The molecule has 0 saturated carbocycles. The van der Waals surface area contributed by atoms with Gasteiger partial charge in [0.05, 0.1) is 23.8 Å². The number of carbonyl (C=O) groups is 3. The second kappa shape index (κ2) is 10.8. The number of nitrogens with two attached hydrogens (primary N) is 1. The molecule has 3 N–H and O–H groups in total. The predicted molar refractivity (Wildman–Crippen MR) is 107 cm³/mol. The van der Waals surface area contributed by atoms with Crippen molar-refractivity contribution >= 4 is 23.4 Å². The number of hydrogen-bond acceptors (Lipinski definition) is 8. The van der Waals surface area contributed by atoms with Crippen LogP contribution in [0, 0.1) is 10.1 Å². The molecule has 0 heterocycles. The minimum atomic E-state index is -1.43. The summed E-state index contributed by atoms with van der Waals surface area (Å²) < 4.78 is 9.57. The third-order valence-corrected chi connectivity index (χ3v) is 3.91. The molecule has 0 fully saturated rings. The van der Waals surface area contributed by atoms with Gasteiger partial charge in [0.1, 0.15) is 11.2 Å². The van der Waals surface area contributed by atoms with Gasteiger partial charge in [0, 0.05) is 7.11 Å². The second-order valence-electron chi connectivity index (χ2n) is 6.23. The van der Waals surface area contributed by atoms with Gasteiger partial charge in [0.25, 0.3) is 0 Å². The number of aliphatic carboxylic acids is 1. The highest BCUT2D eigenvalue weighted by molar-refractivity contribution is 5.98. The fraction of sp³-hybridized carbons (Fsp3) is 0.250. The Labute approximate surface area is 172 Å². The SMILES string of the molecule is COC(=O)c1cc(C(=O)[N+](=O)[O-])cc(C(/C=C/C(N)OC)=C/C(C(=O)O)=C(C)C)c1. The molecule has 1 rings (SSSR count). The number of carbonyl (C=O) groups excluding carboxylic acids is 2. The van der Waals surface area contributed by atoms with E-state index in [1.807, 2.05) is 0 Å². The van der Waals surface area contributed by atoms with Crippen molar-refractivity contribution in [3.05, 3.63) is 74.4 Å². The molecule has 1 unspecified atom stereocenters. The number of carboxylic acid groups (broad SMARTS) is 1. The van der Waals surface area contributed by atoms with Crippen LogP contribution in [0.1, 0.15) is 40.1 Å². The first kappa shape index (κ1) is 24.4. The average molecular weight is 418 g/mol. The van der Waals surface area contributed by atoms with Gasteiger partial charge in [-0.3, -0.25) is 10.1 Å². The van der Waals surface area contributed by atoms with E-state index >= 15 is 0 Å². The first-order valence-corrected chi connectivity index (χ1v) is 8.53. The van der Waals surface area contributed by atoms with Crippen molar-refractivity contribution in [2.45, 2.75) is 20.1 Å². The maximum absolute atomic E-state index is 12.0. The summed E-state index contributed by atoms with van der Waals surface area (Å²) in [6, 6.07) is 3.53. The first-order valence-electron chi connectivity index (χ1n) is 8.53. The van der Waals surface area contributed by atoms with Crippen LogP contribution in [0.25, 0.3) is 5.57 Å². The Kier molecular flexibility index (Phi) is 8.78. The Morgan fingerprint density at radius 2 is 1.70 bits per heavy atom. The van der Waals surface area contributed by atoms with Crippen LogP contribution in [0.4, 0.5) is 0 Å². The monoisotopic (exact) mass is 418 g/mol. The summed E-state index contributed by atoms with van der Waals surface area (Å²) in [4.78, 5) is 45.3. The van der Waals surface area contributed by atoms with E-state index in [0.717, 1.165) is 13.2 Å². The number of hydrogen-bond donors (Lipinski definition) is 2. The summed E-state index contributed by atoms with van der Waals surface area (Å²) in [5.74, 6) is -3.46. The summed E-state index contributed by atoms with van der Waals surface area (Å²) in [6.45, 7) is 3.18. The molecule has 0 spiro atoms. The summed E-state index contributed by atoms with van der Waals surface area (Å²) in [5.41, 5.74) is 6.02. The third-order valence-electron chi connectivity index (χ3n) is 3.91. The zero-order chi connectivity index (χ0) is 23.0. The molecule has 1 amide bonds. The molecule has 30 heavy (non-hydrogen) atoms. The molecule has 160 valence electrons. The van der Waals surface area contributed by atoms with Gasteiger partial charge < -0.3 is 20.3 Å². The van der Waals surface area contributed by atoms with Crippen LogP contribution in [0.3, 0.4) is 0 Å². The number of nitro groups is 1. The fourth-order valence-corrected chi connectivity index (χ4v) is 2.34. The molecule has 10 heteroatoms. The van der Waals surface area contributed by atoms with Crippen molar-refractivity contribution < 1.29 is 33.9 Å². The Morgan fingerprint density at radius 1 is 1.13 bits per heavy atom. The normalized spacial score (nSPS) is 12.4. The number of allylic oxidation sites excluding steroid dienone is 3. The number of rotatable bonds is 8. The lowest BCUT2D eigenvalue weighted by Gasteiger charge is -2.10. The molecule has 0 aliphatic rings. The van der Waals surface area contributed by atoms with E-state index in [-0.39, 0.29) is 27.8 Å². The largest absolute Gasteiger partial charge is 0.478 e. The fourth-order valence-electron chi connectivity index (χ4n) is 2.34. The Morgan fingerprint density at radius 3 is 2.17 bits per heavy atom. The number of methoxy groups -OCH3 is 2. The average Bonchev–Trinajstić information content (AvgIpc) is 2.71. The molecule has 0 aliphatic carbocycles. The topological polar surface area (TPSA) is 159 Å². The maximum Gasteiger partial charge on any atom is 0.476 e. The summed E-state index contributed by atoms with van der Waals surface area (Å²) >= 11 is 0. The van der Waals surface area contributed by atoms with Crippen LogP contribution in [-0.4, -0.2) is 48.3 Å². The molecule has 0 bridgehead atoms. The lowest BCUT2D eigenvalue weighted by Crippen LogP contribution is -2.18. The van der Waals surface area contributed by atoms with E-state index in [9.17, 15) is 29.6 Å². The Hall–Kier alpha value is -3.63. The maximum atomic E-state index is 12.0. The van der Waals surface area contributed by atoms with Gasteiger partial charge in [0.15, 0.2) is 0 Å². The highest BCUT2D eigenvalue weighted by atomic mass is 16.6. The number of benzene rings is 1. The molecule has 1 atom stereocenters. The van der Waals surface area contributed by atoms with Crippen molar-refractivity contribution in [3.63, 3.8) is 0 Å². The van der Waals surface area contributed by atoms with Crippen LogP contribution in [0.5, 0.6) is 0 Å². The van der Waals surface area contributed by atoms with E-state index in [2.05, 4.69) is 4.74 Å². The lowest BCUT2D eigenvalue weighted by atomic mass is 9.96. The highest BCUT2D eigenvalue weighted by Gasteiger charge is 2.22. The summed E-state index contributed by atoms with van der Waals surface area (Å²) in [5, 5.41) is 20.4. The smallest absolute Gasteiger partial charge is 0.476 e. The van der Waals surface area contributed by atoms with E-state index in [1.165, 1.54) is 37.5 Å². The molecular formula is C20H22N2O8. The molecular weight excluding hydrogens is 396 g/mol. The van der Waals surface area contributed by atoms with Gasteiger partial charge in [-0.15, -0.1) is 0 Å². The third kappa shape index (κ3) is 6.47. The van der Waals surface area contributed by atoms with Crippen LogP contribution in [0.2, 0.25) is 0 Å². The minimum absolute atomic E-state index is 0.0498. The zero-order valence-corrected chi connectivity index (χ0v) is 16.9. The number of ether oxygens (including phenoxy) is 2. The number of carboxylic acids is 1. The van der Waals surface area contributed by atoms with Gasteiger partial charge in [-0.2, -0.15) is 0 Å². The molecule has 1 aromatic rings. The van der Waals surface area contributed by atoms with Crippen molar-refractivity contribution in [3.8, 4) is 0 Å². The van der Waals surface area contributed by atoms with E-state index in [0.29, 0.717) is 5.57 Å². The molecule has 0 saturated heterocycles. The Balaban J connectivity index is 3.83. The van der Waals surface area contributed by atoms with Crippen LogP contribution >= 0.6 is 0 Å². The van der Waals surface area contributed by atoms with Gasteiger partial charge >= 0.3 is 17.8 Å².